The summed E-state index contributed by atoms with van der Waals surface area (Å²) in [6.07, 6.45) is 18.5. The van der Waals surface area contributed by atoms with E-state index in [0.29, 0.717) is 5.56 Å². The number of esters is 1. The van der Waals surface area contributed by atoms with Crippen molar-refractivity contribution in [2.45, 2.75) is 96.1 Å². The van der Waals surface area contributed by atoms with Crippen molar-refractivity contribution in [3.63, 3.8) is 0 Å². The number of aliphatic hydroxyl groups excluding tert-OH is 1. The average molecular weight is 404 g/mol. The smallest absolute Gasteiger partial charge is 0.338 e. The molecule has 1 aromatic carbocycles. The fourth-order valence-electron chi connectivity index (χ4n) is 3.23. The lowest BCUT2D eigenvalue weighted by atomic mass is 10.0. The molecule has 0 aliphatic carbocycles. The molecule has 0 saturated carbocycles. The number of aliphatic hydroxyl groups is 1. The third-order valence-corrected chi connectivity index (χ3v) is 5.16. The van der Waals surface area contributed by atoms with Crippen LogP contribution in [0.3, 0.4) is 0 Å². The first-order chi connectivity index (χ1) is 14.1. The number of benzene rings is 1. The summed E-state index contributed by atoms with van der Waals surface area (Å²) >= 11 is 0. The second-order valence-corrected chi connectivity index (χ2v) is 7.87. The van der Waals surface area contributed by atoms with Crippen LogP contribution in [0, 0.1) is 0 Å². The lowest BCUT2D eigenvalue weighted by Gasteiger charge is -2.15. The molecule has 4 heteroatoms. The van der Waals surface area contributed by atoms with E-state index in [2.05, 4.69) is 6.92 Å². The lowest BCUT2D eigenvalue weighted by molar-refractivity contribution is 0.0418. The molecule has 0 saturated heterocycles. The average Bonchev–Trinajstić information content (AvgIpc) is 2.75. The molecule has 0 bridgehead atoms. The van der Waals surface area contributed by atoms with E-state index in [1.807, 2.05) is 12.1 Å². The Kier molecular flexibility index (Phi) is 15.1. The number of allylic oxidation sites excluding steroid dienone is 1. The first-order valence-electron chi connectivity index (χ1n) is 11.5. The summed E-state index contributed by atoms with van der Waals surface area (Å²) in [6, 6.07) is 8.17. The van der Waals surface area contributed by atoms with Crippen LogP contribution in [0.25, 0.3) is 0 Å². The maximum atomic E-state index is 11.9. The van der Waals surface area contributed by atoms with Crippen LogP contribution in [0.2, 0.25) is 0 Å². The zero-order chi connectivity index (χ0) is 21.2. The number of unbranched alkanes of at least 4 members (excludes halogenated alkanes) is 11. The van der Waals surface area contributed by atoms with Gasteiger partial charge >= 0.3 is 5.97 Å². The third-order valence-electron chi connectivity index (χ3n) is 5.16. The zero-order valence-electron chi connectivity index (χ0n) is 18.2. The normalized spacial score (nSPS) is 13.5. The van der Waals surface area contributed by atoms with Gasteiger partial charge in [-0.2, -0.15) is 0 Å². The van der Waals surface area contributed by atoms with Gasteiger partial charge in [0, 0.05) is 0 Å². The van der Waals surface area contributed by atoms with Crippen LogP contribution in [-0.2, 0) is 4.74 Å². The van der Waals surface area contributed by atoms with Crippen molar-refractivity contribution in [2.75, 3.05) is 6.61 Å². The maximum Gasteiger partial charge on any atom is 0.338 e. The monoisotopic (exact) mass is 403 g/mol. The van der Waals surface area contributed by atoms with Gasteiger partial charge in [0.2, 0.25) is 0 Å². The molecule has 1 rings (SSSR count). The van der Waals surface area contributed by atoms with Crippen LogP contribution in [0.15, 0.2) is 42.5 Å². The fourth-order valence-corrected chi connectivity index (χ4v) is 3.23. The van der Waals surface area contributed by atoms with Crippen molar-refractivity contribution in [1.29, 1.82) is 0 Å². The first-order valence-corrected chi connectivity index (χ1v) is 11.5. The molecule has 2 unspecified atom stereocenters. The third kappa shape index (κ3) is 13.2. The van der Waals surface area contributed by atoms with Crippen molar-refractivity contribution in [3.8, 4) is 0 Å². The molecule has 3 N–H and O–H groups in total. The van der Waals surface area contributed by atoms with E-state index in [9.17, 15) is 9.90 Å². The summed E-state index contributed by atoms with van der Waals surface area (Å²) in [7, 11) is 0. The van der Waals surface area contributed by atoms with E-state index >= 15 is 0 Å². The quantitative estimate of drug-likeness (QED) is 0.196. The van der Waals surface area contributed by atoms with Gasteiger partial charge < -0.3 is 15.6 Å². The first kappa shape index (κ1) is 25.4. The minimum atomic E-state index is -0.800. The summed E-state index contributed by atoms with van der Waals surface area (Å²) < 4.78 is 5.17. The van der Waals surface area contributed by atoms with Crippen molar-refractivity contribution in [3.05, 3.63) is 48.0 Å². The zero-order valence-corrected chi connectivity index (χ0v) is 18.2. The Hall–Kier alpha value is -1.65. The van der Waals surface area contributed by atoms with Gasteiger partial charge in [-0.05, 0) is 25.0 Å². The molecule has 0 radical (unpaired) electrons. The number of rotatable bonds is 17. The Morgan fingerprint density at radius 3 is 2.10 bits per heavy atom. The van der Waals surface area contributed by atoms with Gasteiger partial charge in [0.1, 0.15) is 6.61 Å². The molecular weight excluding hydrogens is 362 g/mol. The van der Waals surface area contributed by atoms with Crippen molar-refractivity contribution >= 4 is 5.97 Å². The molecule has 0 aliphatic heterocycles. The Morgan fingerprint density at radius 2 is 1.52 bits per heavy atom. The Bertz CT molecular complexity index is 544. The molecule has 0 aliphatic rings. The van der Waals surface area contributed by atoms with E-state index in [0.717, 1.165) is 12.8 Å². The largest absolute Gasteiger partial charge is 0.460 e. The van der Waals surface area contributed by atoms with Gasteiger partial charge in [-0.3, -0.25) is 0 Å². The van der Waals surface area contributed by atoms with Gasteiger partial charge in [0.15, 0.2) is 0 Å². The van der Waals surface area contributed by atoms with Crippen LogP contribution in [0.5, 0.6) is 0 Å². The van der Waals surface area contributed by atoms with Gasteiger partial charge in [0.25, 0.3) is 0 Å². The Morgan fingerprint density at radius 1 is 0.966 bits per heavy atom. The van der Waals surface area contributed by atoms with Gasteiger partial charge in [-0.15, -0.1) is 0 Å². The van der Waals surface area contributed by atoms with Crippen LogP contribution >= 0.6 is 0 Å². The fraction of sp³-hybridized carbons (Fsp3) is 0.640. The number of hydrogen-bond acceptors (Lipinski definition) is 4. The topological polar surface area (TPSA) is 72.6 Å². The van der Waals surface area contributed by atoms with E-state index < -0.39 is 18.1 Å². The lowest BCUT2D eigenvalue weighted by Crippen LogP contribution is -2.38. The van der Waals surface area contributed by atoms with Gasteiger partial charge in [-0.1, -0.05) is 101 Å². The summed E-state index contributed by atoms with van der Waals surface area (Å²) in [4.78, 5) is 11.9. The van der Waals surface area contributed by atoms with E-state index in [-0.39, 0.29) is 6.61 Å². The van der Waals surface area contributed by atoms with Crippen molar-refractivity contribution < 1.29 is 14.6 Å². The number of ether oxygens (including phenoxy) is 1. The molecule has 0 fully saturated rings. The molecule has 1 aromatic rings. The van der Waals surface area contributed by atoms with Crippen LogP contribution in [0.1, 0.15) is 94.3 Å². The van der Waals surface area contributed by atoms with E-state index in [4.69, 9.17) is 10.5 Å². The summed E-state index contributed by atoms with van der Waals surface area (Å²) in [6.45, 7) is 2.26. The Balaban J connectivity index is 1.99. The second-order valence-electron chi connectivity index (χ2n) is 7.87. The van der Waals surface area contributed by atoms with E-state index in [1.54, 1.807) is 30.3 Å². The predicted molar refractivity (Wildman–Crippen MR) is 121 cm³/mol. The number of carbonyl (C=O) groups is 1. The molecular formula is C25H41NO3. The highest BCUT2D eigenvalue weighted by molar-refractivity contribution is 5.89. The van der Waals surface area contributed by atoms with Gasteiger partial charge in [-0.25, -0.2) is 4.79 Å². The van der Waals surface area contributed by atoms with Gasteiger partial charge in [0.05, 0.1) is 17.7 Å². The highest BCUT2D eigenvalue weighted by Crippen LogP contribution is 2.12. The van der Waals surface area contributed by atoms with Crippen LogP contribution < -0.4 is 5.73 Å². The SMILES string of the molecule is CCCCCCCCCCCCCC=CC(O)C(N)COC(=O)c1ccccc1. The summed E-state index contributed by atoms with van der Waals surface area (Å²) in [5, 5.41) is 10.1. The minimum absolute atomic E-state index is 0.00230. The molecule has 164 valence electrons. The van der Waals surface area contributed by atoms with Crippen molar-refractivity contribution in [1.82, 2.24) is 0 Å². The highest BCUT2D eigenvalue weighted by Gasteiger charge is 2.15. The molecule has 2 atom stereocenters. The maximum absolute atomic E-state index is 11.9. The molecule has 4 nitrogen and oxygen atoms in total. The summed E-state index contributed by atoms with van der Waals surface area (Å²) in [5.41, 5.74) is 6.40. The number of nitrogens with two attached hydrogens (primary N) is 1. The highest BCUT2D eigenvalue weighted by atomic mass is 16.5. The van der Waals surface area contributed by atoms with E-state index in [1.165, 1.54) is 64.2 Å². The molecule has 0 heterocycles. The molecule has 0 spiro atoms. The standard InChI is InChI=1S/C25H41NO3/c1-2-3-4-5-6-7-8-9-10-11-12-13-17-20-24(27)23(26)21-29-25(28)22-18-15-14-16-19-22/h14-20,23-24,27H,2-13,21,26H2,1H3. The van der Waals surface area contributed by atoms with Crippen molar-refractivity contribution in [2.24, 2.45) is 5.73 Å². The second kappa shape index (κ2) is 17.2. The van der Waals surface area contributed by atoms with Crippen LogP contribution in [0.4, 0.5) is 0 Å². The Labute approximate surface area is 177 Å². The molecule has 29 heavy (non-hydrogen) atoms. The predicted octanol–water partition coefficient (Wildman–Crippen LogP) is 5.79. The molecule has 0 aromatic heterocycles. The number of hydrogen-bond donors (Lipinski definition) is 2. The molecule has 0 amide bonds. The minimum Gasteiger partial charge on any atom is -0.460 e. The van der Waals surface area contributed by atoms with Crippen LogP contribution in [-0.4, -0.2) is 29.8 Å². The number of carbonyl (C=O) groups excluding carboxylic acids is 1. The summed E-state index contributed by atoms with van der Waals surface area (Å²) in [5.74, 6) is -0.418.